The van der Waals surface area contributed by atoms with E-state index in [0.717, 1.165) is 12.3 Å². The summed E-state index contributed by atoms with van der Waals surface area (Å²) < 4.78 is 77.0. The van der Waals surface area contributed by atoms with Gasteiger partial charge in [0.05, 0.1) is 11.6 Å². The van der Waals surface area contributed by atoms with Gasteiger partial charge in [0.15, 0.2) is 0 Å². The first-order valence-electron chi connectivity index (χ1n) is 10.1. The first kappa shape index (κ1) is 25.1. The molecule has 10 heteroatoms. The highest BCUT2D eigenvalue weighted by Crippen LogP contribution is 2.34. The van der Waals surface area contributed by atoms with Crippen molar-refractivity contribution in [3.8, 4) is 11.1 Å². The fourth-order valence-corrected chi connectivity index (χ4v) is 3.50. The second-order valence-electron chi connectivity index (χ2n) is 7.73. The largest absolute Gasteiger partial charge is 0.478 e. The van der Waals surface area contributed by atoms with Crippen molar-refractivity contribution in [1.29, 1.82) is 0 Å². The molecular weight excluding hydrogens is 462 g/mol. The first-order valence-corrected chi connectivity index (χ1v) is 10.1. The summed E-state index contributed by atoms with van der Waals surface area (Å²) in [5.41, 5.74) is 1.70. The number of anilines is 1. The van der Waals surface area contributed by atoms with Crippen molar-refractivity contribution in [2.45, 2.75) is 38.2 Å². The van der Waals surface area contributed by atoms with Crippen LogP contribution in [0.3, 0.4) is 0 Å². The molecule has 0 fully saturated rings. The number of halogens is 6. The molecule has 1 aromatic heterocycles. The van der Waals surface area contributed by atoms with E-state index in [0.29, 0.717) is 27.9 Å². The Kier molecular flexibility index (Phi) is 7.18. The average molecular weight is 482 g/mol. The van der Waals surface area contributed by atoms with Crippen molar-refractivity contribution in [2.75, 3.05) is 5.32 Å². The number of aromatic nitrogens is 1. The molecule has 3 aromatic rings. The normalized spacial score (nSPS) is 12.9. The molecule has 180 valence electrons. The average Bonchev–Trinajstić information content (AvgIpc) is 2.76. The molecule has 3 rings (SSSR count). The van der Waals surface area contributed by atoms with E-state index in [9.17, 15) is 31.1 Å². The van der Waals surface area contributed by atoms with Gasteiger partial charge in [-0.3, -0.25) is 4.98 Å². The maximum atomic E-state index is 12.9. The van der Waals surface area contributed by atoms with Crippen molar-refractivity contribution < 1.29 is 36.2 Å². The Morgan fingerprint density at radius 2 is 1.62 bits per heavy atom. The minimum Gasteiger partial charge on any atom is -0.478 e. The number of hydrogen-bond donors (Lipinski definition) is 2. The molecule has 0 radical (unpaired) electrons. The molecule has 1 heterocycles. The molecule has 0 aliphatic rings. The molecule has 2 aromatic carbocycles. The van der Waals surface area contributed by atoms with Crippen LogP contribution < -0.4 is 5.32 Å². The summed E-state index contributed by atoms with van der Waals surface area (Å²) in [6, 6.07) is 12.0. The molecule has 0 saturated carbocycles. The Hall–Kier alpha value is -3.56. The minimum absolute atomic E-state index is 0.0445. The van der Waals surface area contributed by atoms with E-state index in [1.165, 1.54) is 30.3 Å². The number of aromatic carboxylic acids is 1. The smallest absolute Gasteiger partial charge is 0.433 e. The number of benzene rings is 2. The maximum Gasteiger partial charge on any atom is 0.433 e. The van der Waals surface area contributed by atoms with E-state index in [1.807, 2.05) is 0 Å². The highest BCUT2D eigenvalue weighted by molar-refractivity contribution is 5.88. The molecule has 34 heavy (non-hydrogen) atoms. The van der Waals surface area contributed by atoms with Crippen molar-refractivity contribution in [2.24, 2.45) is 0 Å². The summed E-state index contributed by atoms with van der Waals surface area (Å²) in [5.74, 6) is -1.12. The van der Waals surface area contributed by atoms with Crippen LogP contribution >= 0.6 is 0 Å². The van der Waals surface area contributed by atoms with Crippen molar-refractivity contribution in [3.05, 3.63) is 83.2 Å². The van der Waals surface area contributed by atoms with Gasteiger partial charge in [0.2, 0.25) is 0 Å². The Morgan fingerprint density at radius 3 is 2.12 bits per heavy atom. The third-order valence-corrected chi connectivity index (χ3v) is 5.22. The molecule has 0 aliphatic carbocycles. The molecular formula is C24H20F6N2O2. The zero-order valence-corrected chi connectivity index (χ0v) is 17.8. The summed E-state index contributed by atoms with van der Waals surface area (Å²) >= 11 is 0. The standard InChI is InChI=1S/C24H20F6N2O2/c1-14-12-16(17-5-9-21(31-13-17)24(28,29)30)4-8-19(14)20(10-11-23(25,26)27)32-18-6-2-15(3-7-18)22(33)34/h2-9,12-13,20,32H,10-11H2,1H3,(H,33,34). The Bertz CT molecular complexity index is 1140. The van der Waals surface area contributed by atoms with Crippen LogP contribution in [0.5, 0.6) is 0 Å². The molecule has 0 aliphatic heterocycles. The zero-order chi connectivity index (χ0) is 25.1. The molecule has 0 spiro atoms. The number of nitrogens with zero attached hydrogens (tertiary/aromatic N) is 1. The van der Waals surface area contributed by atoms with E-state index >= 15 is 0 Å². The predicted octanol–water partition coefficient (Wildman–Crippen LogP) is 7.27. The molecule has 1 atom stereocenters. The van der Waals surface area contributed by atoms with Crippen LogP contribution in [0.2, 0.25) is 0 Å². The molecule has 1 unspecified atom stereocenters. The van der Waals surface area contributed by atoms with Gasteiger partial charge in [-0.2, -0.15) is 26.3 Å². The zero-order valence-electron chi connectivity index (χ0n) is 17.8. The Morgan fingerprint density at radius 1 is 0.971 bits per heavy atom. The molecule has 2 N–H and O–H groups in total. The fourth-order valence-electron chi connectivity index (χ4n) is 3.50. The lowest BCUT2D eigenvalue weighted by atomic mass is 9.93. The summed E-state index contributed by atoms with van der Waals surface area (Å²) in [6.07, 6.45) is -9.14. The lowest BCUT2D eigenvalue weighted by Crippen LogP contribution is -2.17. The lowest BCUT2D eigenvalue weighted by molar-refractivity contribution is -0.141. The minimum atomic E-state index is -4.56. The van der Waals surface area contributed by atoms with Gasteiger partial charge < -0.3 is 10.4 Å². The molecule has 0 bridgehead atoms. The van der Waals surface area contributed by atoms with Crippen LogP contribution in [-0.2, 0) is 6.18 Å². The Labute approximate surface area is 191 Å². The SMILES string of the molecule is Cc1cc(-c2ccc(C(F)(F)F)nc2)ccc1C(CCC(F)(F)F)Nc1ccc(C(=O)O)cc1. The van der Waals surface area contributed by atoms with Gasteiger partial charge in [-0.05, 0) is 60.4 Å². The summed E-state index contributed by atoms with van der Waals surface area (Å²) in [7, 11) is 0. The number of carbonyl (C=O) groups is 1. The third-order valence-electron chi connectivity index (χ3n) is 5.22. The van der Waals surface area contributed by atoms with Gasteiger partial charge in [0, 0.05) is 23.9 Å². The predicted molar refractivity (Wildman–Crippen MR) is 114 cm³/mol. The first-order chi connectivity index (χ1) is 15.8. The molecule has 4 nitrogen and oxygen atoms in total. The molecule has 0 saturated heterocycles. The summed E-state index contributed by atoms with van der Waals surface area (Å²) in [5, 5.41) is 12.0. The van der Waals surface area contributed by atoms with Crippen LogP contribution in [-0.4, -0.2) is 22.2 Å². The van der Waals surface area contributed by atoms with E-state index in [4.69, 9.17) is 5.11 Å². The number of rotatable bonds is 7. The van der Waals surface area contributed by atoms with Crippen LogP contribution in [0.4, 0.5) is 32.0 Å². The number of carboxylic acids is 1. The lowest BCUT2D eigenvalue weighted by Gasteiger charge is -2.23. The summed E-state index contributed by atoms with van der Waals surface area (Å²) in [6.45, 7) is 1.70. The second kappa shape index (κ2) is 9.74. The van der Waals surface area contributed by atoms with Gasteiger partial charge in [-0.25, -0.2) is 4.79 Å². The fraction of sp³-hybridized carbons (Fsp3) is 0.250. The van der Waals surface area contributed by atoms with Gasteiger partial charge >= 0.3 is 18.3 Å². The van der Waals surface area contributed by atoms with E-state index in [2.05, 4.69) is 10.3 Å². The highest BCUT2D eigenvalue weighted by atomic mass is 19.4. The van der Waals surface area contributed by atoms with Crippen molar-refractivity contribution >= 4 is 11.7 Å². The number of carboxylic acid groups (broad SMARTS) is 1. The number of alkyl halides is 6. The van der Waals surface area contributed by atoms with Crippen LogP contribution in [0, 0.1) is 6.92 Å². The van der Waals surface area contributed by atoms with Crippen LogP contribution in [0.25, 0.3) is 11.1 Å². The number of nitrogens with one attached hydrogen (secondary N) is 1. The van der Waals surface area contributed by atoms with E-state index in [-0.39, 0.29) is 12.0 Å². The quantitative estimate of drug-likeness (QED) is 0.348. The monoisotopic (exact) mass is 482 g/mol. The molecule has 0 amide bonds. The topological polar surface area (TPSA) is 62.2 Å². The van der Waals surface area contributed by atoms with Gasteiger partial charge in [0.1, 0.15) is 5.69 Å². The third kappa shape index (κ3) is 6.49. The van der Waals surface area contributed by atoms with E-state index in [1.54, 1.807) is 25.1 Å². The van der Waals surface area contributed by atoms with Crippen LogP contribution in [0.1, 0.15) is 46.1 Å². The van der Waals surface area contributed by atoms with Crippen molar-refractivity contribution in [3.63, 3.8) is 0 Å². The van der Waals surface area contributed by atoms with Gasteiger partial charge in [0.25, 0.3) is 0 Å². The Balaban J connectivity index is 1.88. The maximum absolute atomic E-state index is 12.9. The highest BCUT2D eigenvalue weighted by Gasteiger charge is 2.32. The number of hydrogen-bond acceptors (Lipinski definition) is 3. The van der Waals surface area contributed by atoms with Crippen LogP contribution in [0.15, 0.2) is 60.8 Å². The number of aryl methyl sites for hydroxylation is 1. The number of pyridine rings is 1. The van der Waals surface area contributed by atoms with E-state index < -0.39 is 36.5 Å². The second-order valence-corrected chi connectivity index (χ2v) is 7.73. The van der Waals surface area contributed by atoms with Gasteiger partial charge in [-0.15, -0.1) is 0 Å². The van der Waals surface area contributed by atoms with Gasteiger partial charge in [-0.1, -0.05) is 24.3 Å². The van der Waals surface area contributed by atoms with Crippen molar-refractivity contribution in [1.82, 2.24) is 4.98 Å². The summed E-state index contributed by atoms with van der Waals surface area (Å²) in [4.78, 5) is 14.5.